The molecule has 1 rings (SSSR count). The topological polar surface area (TPSA) is 60.2 Å². The molecule has 0 radical (unpaired) electrons. The van der Waals surface area contributed by atoms with Gasteiger partial charge in [-0.1, -0.05) is 11.6 Å². The molecule has 13 heavy (non-hydrogen) atoms. The van der Waals surface area contributed by atoms with Crippen molar-refractivity contribution in [1.82, 2.24) is 0 Å². The van der Waals surface area contributed by atoms with E-state index in [2.05, 4.69) is 0 Å². The summed E-state index contributed by atoms with van der Waals surface area (Å²) in [7, 11) is 0. The Kier molecular flexibility index (Phi) is 2.63. The van der Waals surface area contributed by atoms with E-state index in [1.165, 1.54) is 19.1 Å². The first kappa shape index (κ1) is 9.67. The van der Waals surface area contributed by atoms with Gasteiger partial charge in [0.05, 0.1) is 15.5 Å². The number of nitro benzene ring substituents is 1. The molecular formula is C8H6ClNO3. The molecular weight excluding hydrogens is 194 g/mol. The summed E-state index contributed by atoms with van der Waals surface area (Å²) in [6.07, 6.45) is 0.446. The average molecular weight is 200 g/mol. The van der Waals surface area contributed by atoms with Gasteiger partial charge in [0.1, 0.15) is 0 Å². The monoisotopic (exact) mass is 199 g/mol. The van der Waals surface area contributed by atoms with Gasteiger partial charge in [0.15, 0.2) is 6.29 Å². The van der Waals surface area contributed by atoms with Gasteiger partial charge in [-0.15, -0.1) is 0 Å². The fourth-order valence-electron chi connectivity index (χ4n) is 1.03. The Hall–Kier alpha value is -1.42. The van der Waals surface area contributed by atoms with Crippen LogP contribution in [0, 0.1) is 17.0 Å². The number of halogens is 1. The van der Waals surface area contributed by atoms with Gasteiger partial charge in [-0.05, 0) is 19.1 Å². The minimum atomic E-state index is -0.606. The zero-order chi connectivity index (χ0) is 10.0. The van der Waals surface area contributed by atoms with Crippen molar-refractivity contribution in [3.63, 3.8) is 0 Å². The third-order valence-electron chi connectivity index (χ3n) is 1.71. The second-order valence-electron chi connectivity index (χ2n) is 2.49. The SMILES string of the molecule is Cc1c(Cl)ccc(C=O)c1[N+](=O)[O-]. The molecule has 0 amide bonds. The van der Waals surface area contributed by atoms with E-state index in [-0.39, 0.29) is 16.3 Å². The second-order valence-corrected chi connectivity index (χ2v) is 2.89. The van der Waals surface area contributed by atoms with Crippen LogP contribution in [0.4, 0.5) is 5.69 Å². The van der Waals surface area contributed by atoms with Crippen LogP contribution < -0.4 is 0 Å². The molecule has 4 nitrogen and oxygen atoms in total. The van der Waals surface area contributed by atoms with E-state index in [9.17, 15) is 14.9 Å². The number of hydrogen-bond acceptors (Lipinski definition) is 3. The highest BCUT2D eigenvalue weighted by Gasteiger charge is 2.18. The Morgan fingerprint density at radius 3 is 2.62 bits per heavy atom. The summed E-state index contributed by atoms with van der Waals surface area (Å²) < 4.78 is 0. The lowest BCUT2D eigenvalue weighted by Crippen LogP contribution is -1.97. The number of nitrogens with zero attached hydrogens (tertiary/aromatic N) is 1. The van der Waals surface area contributed by atoms with Gasteiger partial charge >= 0.3 is 0 Å². The molecule has 5 heteroatoms. The van der Waals surface area contributed by atoms with E-state index >= 15 is 0 Å². The molecule has 0 atom stereocenters. The minimum Gasteiger partial charge on any atom is -0.298 e. The van der Waals surface area contributed by atoms with Crippen LogP contribution in [0.5, 0.6) is 0 Å². The second kappa shape index (κ2) is 3.53. The van der Waals surface area contributed by atoms with Crippen molar-refractivity contribution in [3.8, 4) is 0 Å². The van der Waals surface area contributed by atoms with E-state index < -0.39 is 4.92 Å². The van der Waals surface area contributed by atoms with E-state index in [0.717, 1.165) is 0 Å². The van der Waals surface area contributed by atoms with Crippen molar-refractivity contribution < 1.29 is 9.72 Å². The van der Waals surface area contributed by atoms with Crippen LogP contribution in [-0.2, 0) is 0 Å². The summed E-state index contributed by atoms with van der Waals surface area (Å²) in [5.41, 5.74) is 0.144. The fraction of sp³-hybridized carbons (Fsp3) is 0.125. The molecule has 0 saturated carbocycles. The summed E-state index contributed by atoms with van der Waals surface area (Å²) in [5, 5.41) is 10.8. The van der Waals surface area contributed by atoms with E-state index in [0.29, 0.717) is 11.8 Å². The van der Waals surface area contributed by atoms with Crippen LogP contribution in [-0.4, -0.2) is 11.2 Å². The van der Waals surface area contributed by atoms with Crippen LogP contribution in [0.25, 0.3) is 0 Å². The number of hydrogen-bond donors (Lipinski definition) is 0. The Labute approximate surface area is 79.3 Å². The van der Waals surface area contributed by atoms with Gasteiger partial charge in [0, 0.05) is 5.56 Å². The average Bonchev–Trinajstić information content (AvgIpc) is 2.08. The van der Waals surface area contributed by atoms with Crippen LogP contribution >= 0.6 is 11.6 Å². The van der Waals surface area contributed by atoms with Crippen LogP contribution in [0.3, 0.4) is 0 Å². The molecule has 0 aliphatic heterocycles. The first-order valence-corrected chi connectivity index (χ1v) is 3.84. The molecule has 1 aromatic rings. The van der Waals surface area contributed by atoms with Gasteiger partial charge in [0.2, 0.25) is 0 Å². The molecule has 0 heterocycles. The normalized spacial score (nSPS) is 9.69. The predicted octanol–water partition coefficient (Wildman–Crippen LogP) is 2.37. The Bertz CT molecular complexity index is 376. The van der Waals surface area contributed by atoms with Crippen molar-refractivity contribution in [1.29, 1.82) is 0 Å². The standard InChI is InChI=1S/C8H6ClNO3/c1-5-7(9)3-2-6(4-11)8(5)10(12)13/h2-4H,1H3. The quantitative estimate of drug-likeness (QED) is 0.417. The van der Waals surface area contributed by atoms with Crippen molar-refractivity contribution in [2.24, 2.45) is 0 Å². The van der Waals surface area contributed by atoms with Gasteiger partial charge < -0.3 is 0 Å². The lowest BCUT2D eigenvalue weighted by molar-refractivity contribution is -0.385. The molecule has 1 aromatic carbocycles. The number of rotatable bonds is 2. The zero-order valence-electron chi connectivity index (χ0n) is 6.78. The molecule has 0 aliphatic carbocycles. The molecule has 0 fully saturated rings. The van der Waals surface area contributed by atoms with Crippen molar-refractivity contribution in [3.05, 3.63) is 38.4 Å². The molecule has 0 aromatic heterocycles. The highest BCUT2D eigenvalue weighted by Crippen LogP contribution is 2.28. The van der Waals surface area contributed by atoms with Crippen LogP contribution in [0.15, 0.2) is 12.1 Å². The maximum absolute atomic E-state index is 10.5. The first-order chi connectivity index (χ1) is 6.07. The summed E-state index contributed by atoms with van der Waals surface area (Å²) in [6, 6.07) is 2.80. The highest BCUT2D eigenvalue weighted by molar-refractivity contribution is 6.31. The number of benzene rings is 1. The summed E-state index contributed by atoms with van der Waals surface area (Å²) >= 11 is 5.67. The predicted molar refractivity (Wildman–Crippen MR) is 48.2 cm³/mol. The summed E-state index contributed by atoms with van der Waals surface area (Å²) in [6.45, 7) is 1.51. The third kappa shape index (κ3) is 1.67. The molecule has 0 spiro atoms. The largest absolute Gasteiger partial charge is 0.298 e. The maximum atomic E-state index is 10.5. The lowest BCUT2D eigenvalue weighted by Gasteiger charge is -2.00. The van der Waals surface area contributed by atoms with E-state index in [1.54, 1.807) is 0 Å². The number of carbonyl (C=O) groups excluding carboxylic acids is 1. The summed E-state index contributed by atoms with van der Waals surface area (Å²) in [4.78, 5) is 20.4. The Morgan fingerprint density at radius 1 is 1.54 bits per heavy atom. The molecule has 0 unspecified atom stereocenters. The van der Waals surface area contributed by atoms with Gasteiger partial charge in [-0.3, -0.25) is 14.9 Å². The summed E-state index contributed by atoms with van der Waals surface area (Å²) in [5.74, 6) is 0. The highest BCUT2D eigenvalue weighted by atomic mass is 35.5. The smallest absolute Gasteiger partial charge is 0.284 e. The van der Waals surface area contributed by atoms with Crippen LogP contribution in [0.1, 0.15) is 15.9 Å². The fourth-order valence-corrected chi connectivity index (χ4v) is 1.19. The Morgan fingerprint density at radius 2 is 2.15 bits per heavy atom. The lowest BCUT2D eigenvalue weighted by atomic mass is 10.1. The van der Waals surface area contributed by atoms with Gasteiger partial charge in [-0.2, -0.15) is 0 Å². The molecule has 0 N–H and O–H groups in total. The van der Waals surface area contributed by atoms with E-state index in [1.807, 2.05) is 0 Å². The molecule has 68 valence electrons. The van der Waals surface area contributed by atoms with Crippen molar-refractivity contribution >= 4 is 23.6 Å². The van der Waals surface area contributed by atoms with Gasteiger partial charge in [0.25, 0.3) is 5.69 Å². The number of nitro groups is 1. The molecule has 0 bridgehead atoms. The Balaban J connectivity index is 3.50. The molecule has 0 aliphatic rings. The van der Waals surface area contributed by atoms with Crippen molar-refractivity contribution in [2.75, 3.05) is 0 Å². The van der Waals surface area contributed by atoms with Gasteiger partial charge in [-0.25, -0.2) is 0 Å². The first-order valence-electron chi connectivity index (χ1n) is 3.46. The van der Waals surface area contributed by atoms with Crippen LogP contribution in [0.2, 0.25) is 5.02 Å². The number of carbonyl (C=O) groups is 1. The third-order valence-corrected chi connectivity index (χ3v) is 2.12. The van der Waals surface area contributed by atoms with Crippen molar-refractivity contribution in [2.45, 2.75) is 6.92 Å². The molecule has 0 saturated heterocycles. The minimum absolute atomic E-state index is 0.0481. The number of aldehydes is 1. The van der Waals surface area contributed by atoms with E-state index in [4.69, 9.17) is 11.6 Å². The zero-order valence-corrected chi connectivity index (χ0v) is 7.54. The maximum Gasteiger partial charge on any atom is 0.284 e.